The van der Waals surface area contributed by atoms with Crippen molar-refractivity contribution in [2.24, 2.45) is 0 Å². The summed E-state index contributed by atoms with van der Waals surface area (Å²) < 4.78 is 0. The Bertz CT molecular complexity index is 348. The van der Waals surface area contributed by atoms with Gasteiger partial charge in [0.2, 0.25) is 0 Å². The van der Waals surface area contributed by atoms with Crippen LogP contribution >= 0.6 is 11.3 Å². The van der Waals surface area contributed by atoms with Crippen LogP contribution in [-0.4, -0.2) is 23.0 Å². The first-order chi connectivity index (χ1) is 7.65. The Morgan fingerprint density at radius 2 is 2.31 bits per heavy atom. The van der Waals surface area contributed by atoms with E-state index in [1.165, 1.54) is 11.3 Å². The monoisotopic (exact) mass is 241 g/mol. The Balaban J connectivity index is 2.54. The molecule has 1 rings (SSSR count). The number of thiophene rings is 1. The SMILES string of the molecule is CCCC[C@H](NC(=O)c1cccs1)C(=O)O. The fourth-order valence-corrected chi connectivity index (χ4v) is 1.93. The average molecular weight is 241 g/mol. The molecule has 1 aromatic heterocycles. The quantitative estimate of drug-likeness (QED) is 0.801. The molecule has 0 saturated heterocycles. The second kappa shape index (κ2) is 6.27. The van der Waals surface area contributed by atoms with Crippen LogP contribution in [0.4, 0.5) is 0 Å². The van der Waals surface area contributed by atoms with Gasteiger partial charge in [0, 0.05) is 0 Å². The minimum absolute atomic E-state index is 0.307. The van der Waals surface area contributed by atoms with Crippen LogP contribution in [0, 0.1) is 0 Å². The van der Waals surface area contributed by atoms with Crippen molar-refractivity contribution in [1.82, 2.24) is 5.32 Å². The summed E-state index contributed by atoms with van der Waals surface area (Å²) in [5.41, 5.74) is 0. The number of carbonyl (C=O) groups excluding carboxylic acids is 1. The van der Waals surface area contributed by atoms with Crippen LogP contribution in [0.25, 0.3) is 0 Å². The van der Waals surface area contributed by atoms with Gasteiger partial charge in [-0.1, -0.05) is 25.8 Å². The topological polar surface area (TPSA) is 66.4 Å². The molecule has 1 amide bonds. The van der Waals surface area contributed by atoms with Crippen LogP contribution in [0.5, 0.6) is 0 Å². The van der Waals surface area contributed by atoms with Crippen molar-refractivity contribution in [2.75, 3.05) is 0 Å². The summed E-state index contributed by atoms with van der Waals surface area (Å²) in [5, 5.41) is 13.2. The molecule has 0 aliphatic heterocycles. The van der Waals surface area contributed by atoms with E-state index < -0.39 is 12.0 Å². The number of nitrogens with one attached hydrogen (secondary N) is 1. The third-order valence-electron chi connectivity index (χ3n) is 2.19. The Morgan fingerprint density at radius 1 is 1.56 bits per heavy atom. The van der Waals surface area contributed by atoms with E-state index in [4.69, 9.17) is 5.11 Å². The fraction of sp³-hybridized carbons (Fsp3) is 0.455. The number of amides is 1. The second-order valence-electron chi connectivity index (χ2n) is 3.48. The fourth-order valence-electron chi connectivity index (χ4n) is 1.30. The number of rotatable bonds is 6. The predicted octanol–water partition coefficient (Wildman–Crippen LogP) is 2.12. The first kappa shape index (κ1) is 12.7. The molecule has 0 unspecified atom stereocenters. The second-order valence-corrected chi connectivity index (χ2v) is 4.43. The molecule has 0 spiro atoms. The van der Waals surface area contributed by atoms with E-state index in [-0.39, 0.29) is 5.91 Å². The molecule has 5 heteroatoms. The predicted molar refractivity (Wildman–Crippen MR) is 62.7 cm³/mol. The van der Waals surface area contributed by atoms with Gasteiger partial charge in [0.25, 0.3) is 5.91 Å². The molecule has 88 valence electrons. The first-order valence-corrected chi connectivity index (χ1v) is 6.10. The highest BCUT2D eigenvalue weighted by Gasteiger charge is 2.20. The summed E-state index contributed by atoms with van der Waals surface area (Å²) in [6, 6.07) is 2.66. The molecular weight excluding hydrogens is 226 g/mol. The van der Waals surface area contributed by atoms with Gasteiger partial charge in [0.05, 0.1) is 4.88 Å². The van der Waals surface area contributed by atoms with Crippen molar-refractivity contribution in [3.63, 3.8) is 0 Å². The van der Waals surface area contributed by atoms with Crippen molar-refractivity contribution in [2.45, 2.75) is 32.2 Å². The van der Waals surface area contributed by atoms with Gasteiger partial charge in [-0.2, -0.15) is 0 Å². The maximum absolute atomic E-state index is 11.6. The maximum atomic E-state index is 11.6. The van der Waals surface area contributed by atoms with E-state index in [9.17, 15) is 9.59 Å². The molecule has 4 nitrogen and oxygen atoms in total. The van der Waals surface area contributed by atoms with Crippen molar-refractivity contribution >= 4 is 23.2 Å². The van der Waals surface area contributed by atoms with Crippen molar-refractivity contribution in [3.05, 3.63) is 22.4 Å². The molecule has 16 heavy (non-hydrogen) atoms. The lowest BCUT2D eigenvalue weighted by atomic mass is 10.1. The Morgan fingerprint density at radius 3 is 2.81 bits per heavy atom. The van der Waals surface area contributed by atoms with Crippen LogP contribution in [0.2, 0.25) is 0 Å². The molecule has 1 heterocycles. The number of carbonyl (C=O) groups is 2. The maximum Gasteiger partial charge on any atom is 0.326 e. The summed E-state index contributed by atoms with van der Waals surface area (Å²) in [5.74, 6) is -1.28. The van der Waals surface area contributed by atoms with E-state index in [0.29, 0.717) is 11.3 Å². The summed E-state index contributed by atoms with van der Waals surface area (Å²) in [4.78, 5) is 23.1. The summed E-state index contributed by atoms with van der Waals surface area (Å²) >= 11 is 1.30. The molecule has 0 radical (unpaired) electrons. The first-order valence-electron chi connectivity index (χ1n) is 5.22. The number of aliphatic carboxylic acids is 1. The zero-order valence-electron chi connectivity index (χ0n) is 9.10. The minimum Gasteiger partial charge on any atom is -0.480 e. The van der Waals surface area contributed by atoms with E-state index in [2.05, 4.69) is 5.32 Å². The molecule has 2 N–H and O–H groups in total. The standard InChI is InChI=1S/C11H15NO3S/c1-2-3-5-8(11(14)15)12-10(13)9-6-4-7-16-9/h4,6-8H,2-3,5H2,1H3,(H,12,13)(H,14,15)/t8-/m0/s1. The van der Waals surface area contributed by atoms with Crippen molar-refractivity contribution in [3.8, 4) is 0 Å². The third kappa shape index (κ3) is 3.66. The van der Waals surface area contributed by atoms with E-state index >= 15 is 0 Å². The average Bonchev–Trinajstić information content (AvgIpc) is 2.76. The van der Waals surface area contributed by atoms with E-state index in [1.807, 2.05) is 6.92 Å². The molecule has 1 atom stereocenters. The Hall–Kier alpha value is -1.36. The van der Waals surface area contributed by atoms with Crippen LogP contribution in [0.15, 0.2) is 17.5 Å². The number of carboxylic acids is 1. The van der Waals surface area contributed by atoms with Crippen LogP contribution < -0.4 is 5.32 Å². The van der Waals surface area contributed by atoms with Gasteiger partial charge in [-0.25, -0.2) is 4.79 Å². The zero-order chi connectivity index (χ0) is 12.0. The van der Waals surface area contributed by atoms with Gasteiger partial charge in [-0.15, -0.1) is 11.3 Å². The highest BCUT2D eigenvalue weighted by molar-refractivity contribution is 7.12. The molecule has 0 aliphatic rings. The largest absolute Gasteiger partial charge is 0.480 e. The summed E-state index contributed by atoms with van der Waals surface area (Å²) in [7, 11) is 0. The van der Waals surface area contributed by atoms with Crippen LogP contribution in [-0.2, 0) is 4.79 Å². The van der Waals surface area contributed by atoms with Gasteiger partial charge in [-0.05, 0) is 17.9 Å². The van der Waals surface area contributed by atoms with Gasteiger partial charge >= 0.3 is 5.97 Å². The highest BCUT2D eigenvalue weighted by atomic mass is 32.1. The molecule has 0 fully saturated rings. The minimum atomic E-state index is -0.974. The summed E-state index contributed by atoms with van der Waals surface area (Å²) in [6.07, 6.45) is 2.18. The van der Waals surface area contributed by atoms with Gasteiger partial charge in [-0.3, -0.25) is 4.79 Å². The smallest absolute Gasteiger partial charge is 0.326 e. The van der Waals surface area contributed by atoms with Gasteiger partial charge in [0.1, 0.15) is 6.04 Å². The molecule has 1 aromatic rings. The molecular formula is C11H15NO3S. The van der Waals surface area contributed by atoms with Crippen molar-refractivity contribution in [1.29, 1.82) is 0 Å². The number of hydrogen-bond acceptors (Lipinski definition) is 3. The molecule has 0 aromatic carbocycles. The van der Waals surface area contributed by atoms with E-state index in [1.54, 1.807) is 17.5 Å². The molecule has 0 bridgehead atoms. The van der Waals surface area contributed by atoms with Gasteiger partial charge in [0.15, 0.2) is 0 Å². The third-order valence-corrected chi connectivity index (χ3v) is 3.06. The lowest BCUT2D eigenvalue weighted by molar-refractivity contribution is -0.139. The number of unbranched alkanes of at least 4 members (excludes halogenated alkanes) is 1. The molecule has 0 aliphatic carbocycles. The lowest BCUT2D eigenvalue weighted by Gasteiger charge is -2.13. The Kier molecular flexibility index (Phi) is 4.98. The zero-order valence-corrected chi connectivity index (χ0v) is 9.92. The number of carboxylic acid groups (broad SMARTS) is 1. The lowest BCUT2D eigenvalue weighted by Crippen LogP contribution is -2.40. The summed E-state index contributed by atoms with van der Waals surface area (Å²) in [6.45, 7) is 1.99. The van der Waals surface area contributed by atoms with Crippen LogP contribution in [0.1, 0.15) is 35.9 Å². The molecule has 0 saturated carbocycles. The van der Waals surface area contributed by atoms with Crippen LogP contribution in [0.3, 0.4) is 0 Å². The Labute approximate surface area is 98.3 Å². The van der Waals surface area contributed by atoms with Crippen molar-refractivity contribution < 1.29 is 14.7 Å². The normalized spacial score (nSPS) is 12.1. The van der Waals surface area contributed by atoms with E-state index in [0.717, 1.165) is 12.8 Å². The highest BCUT2D eigenvalue weighted by Crippen LogP contribution is 2.09. The number of hydrogen-bond donors (Lipinski definition) is 2. The van der Waals surface area contributed by atoms with Gasteiger partial charge < -0.3 is 10.4 Å².